The smallest absolute Gasteiger partial charge is 0.259 e. The van der Waals surface area contributed by atoms with Crippen LogP contribution in [0.1, 0.15) is 0 Å². The molecule has 1 aromatic heterocycles. The molecule has 0 saturated carbocycles. The van der Waals surface area contributed by atoms with Gasteiger partial charge in [-0.2, -0.15) is 0 Å². The third-order valence-corrected chi connectivity index (χ3v) is 3.95. The minimum absolute atomic E-state index is 0.175. The molecule has 4 nitrogen and oxygen atoms in total. The molecule has 0 aliphatic rings. The lowest BCUT2D eigenvalue weighted by atomic mass is 10.0. The lowest BCUT2D eigenvalue weighted by Gasteiger charge is -2.06. The Balaban J connectivity index is 1.85. The van der Waals surface area contributed by atoms with Crippen molar-refractivity contribution in [2.24, 2.45) is 0 Å². The quantitative estimate of drug-likeness (QED) is 0.588. The van der Waals surface area contributed by atoms with Gasteiger partial charge in [-0.3, -0.25) is 4.79 Å². The molecule has 0 saturated heterocycles. The highest BCUT2D eigenvalue weighted by atomic mass is 16.3. The Hall–Kier alpha value is -3.40. The summed E-state index contributed by atoms with van der Waals surface area (Å²) in [5, 5.41) is 9.93. The number of rotatable bonds is 2. The van der Waals surface area contributed by atoms with Crippen LogP contribution in [0.2, 0.25) is 0 Å². The van der Waals surface area contributed by atoms with Crippen molar-refractivity contribution in [3.8, 4) is 28.3 Å². The number of hydrogen-bond donors (Lipinski definition) is 2. The maximum atomic E-state index is 12.5. The third kappa shape index (κ3) is 2.54. The van der Waals surface area contributed by atoms with Gasteiger partial charge in [-0.15, -0.1) is 0 Å². The summed E-state index contributed by atoms with van der Waals surface area (Å²) in [6.07, 6.45) is 0. The summed E-state index contributed by atoms with van der Waals surface area (Å²) in [4.78, 5) is 19.8. The Labute approximate surface area is 138 Å². The van der Waals surface area contributed by atoms with Crippen LogP contribution in [0.5, 0.6) is 5.75 Å². The third-order valence-electron chi connectivity index (χ3n) is 3.95. The summed E-state index contributed by atoms with van der Waals surface area (Å²) < 4.78 is 0. The normalized spacial score (nSPS) is 10.8. The molecule has 24 heavy (non-hydrogen) atoms. The van der Waals surface area contributed by atoms with Crippen molar-refractivity contribution in [3.05, 3.63) is 83.2 Å². The minimum Gasteiger partial charge on any atom is -0.508 e. The van der Waals surface area contributed by atoms with Gasteiger partial charge in [0.2, 0.25) is 0 Å². The largest absolute Gasteiger partial charge is 0.508 e. The van der Waals surface area contributed by atoms with Gasteiger partial charge in [-0.1, -0.05) is 36.4 Å². The SMILES string of the molecule is O=c1[nH]c(-c2ccc(O)cc2)nc2ccc(-c3ccccc3)cc12. The van der Waals surface area contributed by atoms with E-state index >= 15 is 0 Å². The molecule has 0 unspecified atom stereocenters. The van der Waals surface area contributed by atoms with Gasteiger partial charge in [0.05, 0.1) is 10.9 Å². The van der Waals surface area contributed by atoms with Gasteiger partial charge in [-0.05, 0) is 47.5 Å². The van der Waals surface area contributed by atoms with Gasteiger partial charge in [0.25, 0.3) is 5.56 Å². The minimum atomic E-state index is -0.180. The molecule has 4 aromatic rings. The van der Waals surface area contributed by atoms with Crippen molar-refractivity contribution in [2.45, 2.75) is 0 Å². The molecule has 0 atom stereocenters. The average molecular weight is 314 g/mol. The van der Waals surface area contributed by atoms with Crippen LogP contribution in [0.4, 0.5) is 0 Å². The molecule has 0 aliphatic carbocycles. The first-order valence-electron chi connectivity index (χ1n) is 7.60. The van der Waals surface area contributed by atoms with E-state index in [1.807, 2.05) is 48.5 Å². The number of benzene rings is 3. The van der Waals surface area contributed by atoms with Gasteiger partial charge in [0, 0.05) is 5.56 Å². The number of aromatic amines is 1. The Bertz CT molecular complexity index is 1070. The number of nitrogens with one attached hydrogen (secondary N) is 1. The summed E-state index contributed by atoms with van der Waals surface area (Å²) in [7, 11) is 0. The van der Waals surface area contributed by atoms with Crippen LogP contribution in [-0.4, -0.2) is 15.1 Å². The molecule has 0 spiro atoms. The molecular weight excluding hydrogens is 300 g/mol. The Morgan fingerprint density at radius 2 is 1.50 bits per heavy atom. The summed E-state index contributed by atoms with van der Waals surface area (Å²) in [5.74, 6) is 0.661. The van der Waals surface area contributed by atoms with E-state index in [-0.39, 0.29) is 11.3 Å². The number of phenolic OH excluding ortho intramolecular Hbond substituents is 1. The maximum absolute atomic E-state index is 12.5. The van der Waals surface area contributed by atoms with E-state index in [2.05, 4.69) is 9.97 Å². The second-order valence-corrected chi connectivity index (χ2v) is 5.56. The van der Waals surface area contributed by atoms with Gasteiger partial charge >= 0.3 is 0 Å². The molecule has 1 heterocycles. The topological polar surface area (TPSA) is 66.0 Å². The Morgan fingerprint density at radius 3 is 2.25 bits per heavy atom. The fourth-order valence-corrected chi connectivity index (χ4v) is 2.70. The lowest BCUT2D eigenvalue weighted by molar-refractivity contribution is 0.475. The predicted molar refractivity (Wildman–Crippen MR) is 94.9 cm³/mol. The first-order chi connectivity index (χ1) is 11.7. The number of aromatic hydroxyl groups is 1. The molecule has 4 heteroatoms. The highest BCUT2D eigenvalue weighted by Gasteiger charge is 2.08. The standard InChI is InChI=1S/C20H14N2O2/c23-16-9-6-14(7-10-16)19-21-18-11-8-15(12-17(18)20(24)22-19)13-4-2-1-3-5-13/h1-12,23H,(H,21,22,24). The van der Waals surface area contributed by atoms with Gasteiger partial charge in [-0.25, -0.2) is 4.98 Å². The summed E-state index contributed by atoms with van der Waals surface area (Å²) >= 11 is 0. The van der Waals surface area contributed by atoms with E-state index < -0.39 is 0 Å². The van der Waals surface area contributed by atoms with Crippen molar-refractivity contribution in [2.75, 3.05) is 0 Å². The van der Waals surface area contributed by atoms with Crippen LogP contribution < -0.4 is 5.56 Å². The van der Waals surface area contributed by atoms with E-state index in [0.29, 0.717) is 16.7 Å². The van der Waals surface area contributed by atoms with E-state index in [1.165, 1.54) is 0 Å². The van der Waals surface area contributed by atoms with Gasteiger partial charge in [0.1, 0.15) is 11.6 Å². The van der Waals surface area contributed by atoms with Crippen molar-refractivity contribution >= 4 is 10.9 Å². The average Bonchev–Trinajstić information content (AvgIpc) is 2.63. The zero-order valence-electron chi connectivity index (χ0n) is 12.7. The fraction of sp³-hybridized carbons (Fsp3) is 0. The molecular formula is C20H14N2O2. The first kappa shape index (κ1) is 14.2. The number of phenols is 1. The second kappa shape index (κ2) is 5.66. The van der Waals surface area contributed by atoms with Crippen molar-refractivity contribution in [1.82, 2.24) is 9.97 Å². The first-order valence-corrected chi connectivity index (χ1v) is 7.60. The zero-order valence-corrected chi connectivity index (χ0v) is 12.7. The number of nitrogens with zero attached hydrogens (tertiary/aromatic N) is 1. The number of hydrogen-bond acceptors (Lipinski definition) is 3. The molecule has 0 aliphatic heterocycles. The molecule has 0 radical (unpaired) electrons. The maximum Gasteiger partial charge on any atom is 0.259 e. The molecule has 0 bridgehead atoms. The van der Waals surface area contributed by atoms with Crippen LogP contribution >= 0.6 is 0 Å². The van der Waals surface area contributed by atoms with Crippen LogP contribution in [0.3, 0.4) is 0 Å². The monoisotopic (exact) mass is 314 g/mol. The van der Waals surface area contributed by atoms with E-state index in [1.54, 1.807) is 24.3 Å². The lowest BCUT2D eigenvalue weighted by Crippen LogP contribution is -2.09. The van der Waals surface area contributed by atoms with Crippen molar-refractivity contribution in [1.29, 1.82) is 0 Å². The van der Waals surface area contributed by atoms with E-state index in [4.69, 9.17) is 0 Å². The number of aromatic nitrogens is 2. The van der Waals surface area contributed by atoms with Gasteiger partial charge in [0.15, 0.2) is 0 Å². The van der Waals surface area contributed by atoms with E-state index in [0.717, 1.165) is 16.7 Å². The van der Waals surface area contributed by atoms with Gasteiger partial charge < -0.3 is 10.1 Å². The predicted octanol–water partition coefficient (Wildman–Crippen LogP) is 3.96. The highest BCUT2D eigenvalue weighted by molar-refractivity contribution is 5.85. The fourth-order valence-electron chi connectivity index (χ4n) is 2.70. The zero-order chi connectivity index (χ0) is 16.5. The van der Waals surface area contributed by atoms with Crippen LogP contribution in [0.25, 0.3) is 33.4 Å². The molecule has 3 aromatic carbocycles. The van der Waals surface area contributed by atoms with Crippen LogP contribution in [0.15, 0.2) is 77.6 Å². The number of fused-ring (bicyclic) bond motifs is 1. The molecule has 0 amide bonds. The summed E-state index contributed by atoms with van der Waals surface area (Å²) in [6.45, 7) is 0. The van der Waals surface area contributed by atoms with E-state index in [9.17, 15) is 9.90 Å². The molecule has 2 N–H and O–H groups in total. The molecule has 116 valence electrons. The highest BCUT2D eigenvalue weighted by Crippen LogP contribution is 2.23. The molecule has 0 fully saturated rings. The van der Waals surface area contributed by atoms with Crippen LogP contribution in [-0.2, 0) is 0 Å². The number of H-pyrrole nitrogens is 1. The Kier molecular flexibility index (Phi) is 3.35. The second-order valence-electron chi connectivity index (χ2n) is 5.56. The van der Waals surface area contributed by atoms with Crippen LogP contribution in [0, 0.1) is 0 Å². The Morgan fingerprint density at radius 1 is 0.792 bits per heavy atom. The van der Waals surface area contributed by atoms with Crippen molar-refractivity contribution in [3.63, 3.8) is 0 Å². The summed E-state index contributed by atoms with van der Waals surface area (Å²) in [6, 6.07) is 22.2. The molecule has 4 rings (SSSR count). The summed E-state index contributed by atoms with van der Waals surface area (Å²) in [5.41, 5.74) is 3.25. The van der Waals surface area contributed by atoms with Crippen molar-refractivity contribution < 1.29 is 5.11 Å².